The normalized spacial score (nSPS) is 14.3. The molecule has 0 aromatic heterocycles. The minimum atomic E-state index is -1.37. The Kier molecular flexibility index (Phi) is 4.38. The molecule has 0 unspecified atom stereocenters. The summed E-state index contributed by atoms with van der Waals surface area (Å²) in [5, 5.41) is 0. The summed E-state index contributed by atoms with van der Waals surface area (Å²) < 4.78 is 29.0. The molecule has 0 fully saturated rings. The Labute approximate surface area is 106 Å². The Balaban J connectivity index is 2.98. The highest BCUT2D eigenvalue weighted by atomic mass is 79.9. The number of benzene rings is 1. The van der Waals surface area contributed by atoms with E-state index in [0.717, 1.165) is 0 Å². The van der Waals surface area contributed by atoms with E-state index in [-0.39, 0.29) is 5.82 Å². The predicted molar refractivity (Wildman–Crippen MR) is 69.6 cm³/mol. The van der Waals surface area contributed by atoms with Crippen molar-refractivity contribution in [2.45, 2.75) is 25.5 Å². The van der Waals surface area contributed by atoms with Crippen LogP contribution in [-0.2, 0) is 11.0 Å². The zero-order valence-corrected chi connectivity index (χ0v) is 11.7. The fraction of sp³-hybridized carbons (Fsp3) is 0.364. The summed E-state index contributed by atoms with van der Waals surface area (Å²) in [5.41, 5.74) is 0.320. The molecule has 0 aliphatic heterocycles. The van der Waals surface area contributed by atoms with Crippen LogP contribution < -0.4 is 0 Å². The summed E-state index contributed by atoms with van der Waals surface area (Å²) >= 11 is 3.22. The van der Waals surface area contributed by atoms with Crippen LogP contribution in [-0.4, -0.2) is 15.2 Å². The second-order valence-corrected chi connectivity index (χ2v) is 7.02. The maximum absolute atomic E-state index is 13.4. The van der Waals surface area contributed by atoms with Crippen LogP contribution in [0.2, 0.25) is 0 Å². The topological polar surface area (TPSA) is 29.4 Å². The number of rotatable bonds is 2. The summed E-state index contributed by atoms with van der Waals surface area (Å²) in [7, 11) is -1.37. The van der Waals surface area contributed by atoms with E-state index in [1.807, 2.05) is 20.8 Å². The summed E-state index contributed by atoms with van der Waals surface area (Å²) in [5.74, 6) is -0.385. The lowest BCUT2D eigenvalue weighted by atomic mass is 10.2. The number of hydrogen-bond donors (Lipinski definition) is 0. The molecule has 0 aliphatic carbocycles. The van der Waals surface area contributed by atoms with Crippen molar-refractivity contribution >= 4 is 33.1 Å². The van der Waals surface area contributed by atoms with Gasteiger partial charge in [0.1, 0.15) is 16.8 Å². The Morgan fingerprint density at radius 3 is 2.56 bits per heavy atom. The second-order valence-electron chi connectivity index (χ2n) is 4.23. The van der Waals surface area contributed by atoms with E-state index in [1.54, 1.807) is 12.1 Å². The fourth-order valence-electron chi connectivity index (χ4n) is 0.893. The molecule has 0 saturated heterocycles. The van der Waals surface area contributed by atoms with Gasteiger partial charge in [-0.1, -0.05) is 22.0 Å². The Hall–Kier alpha value is -0.550. The molecule has 0 bridgehead atoms. The predicted octanol–water partition coefficient (Wildman–Crippen LogP) is 3.47. The first kappa shape index (κ1) is 13.5. The summed E-state index contributed by atoms with van der Waals surface area (Å²) in [4.78, 5) is 0. The molecule has 0 radical (unpaired) electrons. The minimum Gasteiger partial charge on any atom is -0.234 e. The van der Waals surface area contributed by atoms with Crippen LogP contribution in [0.15, 0.2) is 27.1 Å². The average Bonchev–Trinajstić information content (AvgIpc) is 2.15. The van der Waals surface area contributed by atoms with Crippen LogP contribution in [0.3, 0.4) is 0 Å². The average molecular weight is 306 g/mol. The highest BCUT2D eigenvalue weighted by molar-refractivity contribution is 9.10. The van der Waals surface area contributed by atoms with Crippen molar-refractivity contribution in [3.05, 3.63) is 34.1 Å². The monoisotopic (exact) mass is 305 g/mol. The van der Waals surface area contributed by atoms with Crippen molar-refractivity contribution in [1.82, 2.24) is 0 Å². The Morgan fingerprint density at radius 1 is 1.44 bits per heavy atom. The van der Waals surface area contributed by atoms with Crippen LogP contribution in [0.25, 0.3) is 0 Å². The lowest BCUT2D eigenvalue weighted by molar-refractivity contribution is 0.625. The second kappa shape index (κ2) is 5.19. The zero-order chi connectivity index (χ0) is 12.3. The minimum absolute atomic E-state index is 0.320. The van der Waals surface area contributed by atoms with Crippen molar-refractivity contribution < 1.29 is 8.60 Å². The van der Waals surface area contributed by atoms with Gasteiger partial charge in [-0.2, -0.15) is 4.40 Å². The molecule has 0 spiro atoms. The van der Waals surface area contributed by atoms with Gasteiger partial charge < -0.3 is 0 Å². The van der Waals surface area contributed by atoms with Crippen LogP contribution >= 0.6 is 15.9 Å². The van der Waals surface area contributed by atoms with Gasteiger partial charge >= 0.3 is 0 Å². The van der Waals surface area contributed by atoms with Gasteiger partial charge in [-0.25, -0.2) is 8.60 Å². The maximum atomic E-state index is 13.4. The molecular weight excluding hydrogens is 293 g/mol. The number of halogens is 2. The van der Waals surface area contributed by atoms with Crippen LogP contribution in [0.5, 0.6) is 0 Å². The molecule has 0 heterocycles. The van der Waals surface area contributed by atoms with E-state index in [0.29, 0.717) is 10.0 Å². The standard InChI is InChI=1S/C11H13BrFNOS/c1-11(2,3)16(15)14-7-8-9(12)5-4-6-10(8)13/h4-7H,1-3H3/t16-/m0/s1. The molecular formula is C11H13BrFNOS. The molecule has 1 atom stereocenters. The molecule has 5 heteroatoms. The molecule has 0 amide bonds. The first-order valence-electron chi connectivity index (χ1n) is 4.72. The van der Waals surface area contributed by atoms with E-state index < -0.39 is 15.7 Å². The molecule has 1 aromatic rings. The summed E-state index contributed by atoms with van der Waals surface area (Å²) in [6.07, 6.45) is 1.31. The third kappa shape index (κ3) is 3.49. The van der Waals surface area contributed by atoms with E-state index in [2.05, 4.69) is 20.3 Å². The molecule has 1 aromatic carbocycles. The highest BCUT2D eigenvalue weighted by Gasteiger charge is 2.18. The highest BCUT2D eigenvalue weighted by Crippen LogP contribution is 2.18. The van der Waals surface area contributed by atoms with E-state index in [4.69, 9.17) is 0 Å². The lowest BCUT2D eigenvalue weighted by Gasteiger charge is -2.12. The van der Waals surface area contributed by atoms with Crippen molar-refractivity contribution in [3.63, 3.8) is 0 Å². The van der Waals surface area contributed by atoms with Crippen LogP contribution in [0.1, 0.15) is 26.3 Å². The van der Waals surface area contributed by atoms with Gasteiger partial charge in [-0.3, -0.25) is 0 Å². The Bertz CT molecular complexity index is 420. The molecule has 0 N–H and O–H groups in total. The van der Waals surface area contributed by atoms with E-state index in [9.17, 15) is 8.60 Å². The molecule has 0 saturated carbocycles. The largest absolute Gasteiger partial charge is 0.234 e. The molecule has 88 valence electrons. The zero-order valence-electron chi connectivity index (χ0n) is 9.33. The molecule has 1 rings (SSSR count). The smallest absolute Gasteiger partial charge is 0.144 e. The number of nitrogens with zero attached hydrogens (tertiary/aromatic N) is 1. The van der Waals surface area contributed by atoms with E-state index >= 15 is 0 Å². The van der Waals surface area contributed by atoms with Gasteiger partial charge in [-0.15, -0.1) is 0 Å². The quantitative estimate of drug-likeness (QED) is 0.769. The van der Waals surface area contributed by atoms with Crippen molar-refractivity contribution in [2.24, 2.45) is 4.40 Å². The van der Waals surface area contributed by atoms with E-state index in [1.165, 1.54) is 12.3 Å². The molecule has 2 nitrogen and oxygen atoms in total. The van der Waals surface area contributed by atoms with Gasteiger partial charge in [0.05, 0.1) is 4.75 Å². The molecule has 0 aliphatic rings. The van der Waals surface area contributed by atoms with Crippen molar-refractivity contribution in [2.75, 3.05) is 0 Å². The maximum Gasteiger partial charge on any atom is 0.144 e. The first-order valence-corrected chi connectivity index (χ1v) is 6.62. The van der Waals surface area contributed by atoms with Crippen molar-refractivity contribution in [3.8, 4) is 0 Å². The summed E-state index contributed by atoms with van der Waals surface area (Å²) in [6, 6.07) is 4.65. The van der Waals surface area contributed by atoms with Gasteiger partial charge in [0.2, 0.25) is 0 Å². The van der Waals surface area contributed by atoms with Crippen molar-refractivity contribution in [1.29, 1.82) is 0 Å². The SMILES string of the molecule is CC(C)(C)[S@](=O)N=Cc1c(F)cccc1Br. The van der Waals surface area contributed by atoms with Crippen LogP contribution in [0.4, 0.5) is 4.39 Å². The third-order valence-electron chi connectivity index (χ3n) is 1.80. The molecule has 16 heavy (non-hydrogen) atoms. The van der Waals surface area contributed by atoms with Gasteiger partial charge in [0.15, 0.2) is 0 Å². The summed E-state index contributed by atoms with van der Waals surface area (Å²) in [6.45, 7) is 5.45. The third-order valence-corrected chi connectivity index (χ3v) is 3.84. The fourth-order valence-corrected chi connectivity index (χ4v) is 1.85. The lowest BCUT2D eigenvalue weighted by Crippen LogP contribution is -2.19. The Morgan fingerprint density at radius 2 is 2.06 bits per heavy atom. The number of hydrogen-bond acceptors (Lipinski definition) is 1. The first-order chi connectivity index (χ1) is 7.32. The van der Waals surface area contributed by atoms with Gasteiger partial charge in [-0.05, 0) is 32.9 Å². The van der Waals surface area contributed by atoms with Gasteiger partial charge in [0, 0.05) is 16.3 Å². The van der Waals surface area contributed by atoms with Crippen LogP contribution in [0, 0.1) is 5.82 Å². The van der Waals surface area contributed by atoms with Gasteiger partial charge in [0.25, 0.3) is 0 Å².